The lowest BCUT2D eigenvalue weighted by molar-refractivity contribution is -0.120. The third kappa shape index (κ3) is 9.41. The molecule has 3 aliphatic heterocycles. The summed E-state index contributed by atoms with van der Waals surface area (Å²) in [6.07, 6.45) is 7.85. The number of hydrogen-bond donors (Lipinski definition) is 2. The van der Waals surface area contributed by atoms with Crippen LogP contribution in [0.3, 0.4) is 0 Å². The summed E-state index contributed by atoms with van der Waals surface area (Å²) < 4.78 is 0. The monoisotopic (exact) mass is 885 g/mol. The lowest BCUT2D eigenvalue weighted by atomic mass is 10.1. The summed E-state index contributed by atoms with van der Waals surface area (Å²) >= 11 is 15.7. The number of anilines is 6. The summed E-state index contributed by atoms with van der Waals surface area (Å²) in [5.74, 6) is 0.231. The van der Waals surface area contributed by atoms with Gasteiger partial charge in [0.25, 0.3) is 0 Å². The first-order valence-corrected chi connectivity index (χ1v) is 22.6. The fourth-order valence-corrected chi connectivity index (χ4v) is 8.93. The van der Waals surface area contributed by atoms with E-state index in [9.17, 15) is 9.59 Å². The molecule has 12 heteroatoms. The van der Waals surface area contributed by atoms with Gasteiger partial charge in [-0.3, -0.25) is 9.59 Å². The fraction of sp³-hybridized carbons (Fsp3) is 0.435. The highest BCUT2D eigenvalue weighted by molar-refractivity contribution is 9.10. The van der Waals surface area contributed by atoms with Crippen molar-refractivity contribution in [2.45, 2.75) is 87.9 Å². The molecule has 10 rings (SSSR count). The number of fused-ring (bicyclic) bond motifs is 3. The molecule has 6 aliphatic rings. The van der Waals surface area contributed by atoms with Gasteiger partial charge in [-0.05, 0) is 113 Å². The Morgan fingerprint density at radius 3 is 1.67 bits per heavy atom. The molecule has 58 heavy (non-hydrogen) atoms. The SMILES string of the molecule is CC(Br)C(=O)N1CCN(C2CC2)c2ccccc21.CC(NCc1cc(Cl)ccc1Cl)C(=O)N1CCN(C2CC2)c2ccccc21.c1ccc2c(c1)NCCN2C1CC1. The number of nitrogens with one attached hydrogen (secondary N) is 2. The van der Waals surface area contributed by atoms with Crippen LogP contribution in [0.2, 0.25) is 10.0 Å². The highest BCUT2D eigenvalue weighted by Gasteiger charge is 2.37. The zero-order valence-electron chi connectivity index (χ0n) is 33.4. The smallest absolute Gasteiger partial charge is 0.243 e. The summed E-state index contributed by atoms with van der Waals surface area (Å²) in [5, 5.41) is 8.01. The number of alkyl halides is 1. The normalized spacial score (nSPS) is 19.2. The van der Waals surface area contributed by atoms with E-state index in [4.69, 9.17) is 23.2 Å². The number of carbonyl (C=O) groups is 2. The van der Waals surface area contributed by atoms with E-state index in [1.165, 1.54) is 67.8 Å². The summed E-state index contributed by atoms with van der Waals surface area (Å²) in [4.78, 5) is 36.5. The number of rotatable bonds is 8. The summed E-state index contributed by atoms with van der Waals surface area (Å²) in [6.45, 7) is 9.89. The van der Waals surface area contributed by atoms with Gasteiger partial charge in [-0.2, -0.15) is 0 Å². The largest absolute Gasteiger partial charge is 0.382 e. The molecule has 3 saturated carbocycles. The third-order valence-electron chi connectivity index (χ3n) is 11.8. The van der Waals surface area contributed by atoms with Crippen LogP contribution >= 0.6 is 39.1 Å². The Bertz CT molecular complexity index is 2090. The Morgan fingerprint density at radius 2 is 1.14 bits per heavy atom. The third-order valence-corrected chi connectivity index (χ3v) is 12.8. The maximum absolute atomic E-state index is 13.1. The molecular weight excluding hydrogens is 833 g/mol. The topological polar surface area (TPSA) is 74.4 Å². The average Bonchev–Trinajstić information content (AvgIpc) is 4.09. The van der Waals surface area contributed by atoms with Gasteiger partial charge in [-0.25, -0.2) is 0 Å². The molecule has 4 aromatic carbocycles. The zero-order valence-corrected chi connectivity index (χ0v) is 36.5. The van der Waals surface area contributed by atoms with Crippen molar-refractivity contribution in [2.75, 3.05) is 69.1 Å². The lowest BCUT2D eigenvalue weighted by Gasteiger charge is -2.39. The number of hydrogen-bond acceptors (Lipinski definition) is 7. The van der Waals surface area contributed by atoms with Crippen molar-refractivity contribution < 1.29 is 9.59 Å². The van der Waals surface area contributed by atoms with Crippen molar-refractivity contribution in [3.05, 3.63) is 107 Å². The molecule has 2 amide bonds. The van der Waals surface area contributed by atoms with Gasteiger partial charge in [0.15, 0.2) is 0 Å². The lowest BCUT2D eigenvalue weighted by Crippen LogP contribution is -2.50. The molecule has 3 fully saturated rings. The van der Waals surface area contributed by atoms with Crippen LogP contribution in [0.25, 0.3) is 0 Å². The van der Waals surface area contributed by atoms with E-state index in [0.717, 1.165) is 55.7 Å². The van der Waals surface area contributed by atoms with E-state index in [1.54, 1.807) is 12.1 Å². The highest BCUT2D eigenvalue weighted by Crippen LogP contribution is 2.42. The van der Waals surface area contributed by atoms with Crippen molar-refractivity contribution in [2.24, 2.45) is 0 Å². The number of para-hydroxylation sites is 6. The molecule has 2 atom stereocenters. The Kier molecular flexibility index (Phi) is 12.7. The predicted octanol–water partition coefficient (Wildman–Crippen LogP) is 9.35. The average molecular weight is 888 g/mol. The number of amides is 2. The molecule has 0 aromatic heterocycles. The summed E-state index contributed by atoms with van der Waals surface area (Å²) in [5.41, 5.74) is 8.05. The highest BCUT2D eigenvalue weighted by atomic mass is 79.9. The molecule has 3 heterocycles. The molecule has 2 unspecified atom stereocenters. The second-order valence-corrected chi connectivity index (χ2v) is 18.3. The number of nitrogens with zero attached hydrogens (tertiary/aromatic N) is 5. The number of halogens is 3. The Balaban J connectivity index is 0.000000130. The second kappa shape index (κ2) is 18.1. The molecule has 3 aliphatic carbocycles. The van der Waals surface area contributed by atoms with Gasteiger partial charge < -0.3 is 35.1 Å². The minimum Gasteiger partial charge on any atom is -0.382 e. The molecule has 0 radical (unpaired) electrons. The maximum Gasteiger partial charge on any atom is 0.243 e. The minimum absolute atomic E-state index is 0.0797. The van der Waals surface area contributed by atoms with Crippen LogP contribution in [0.5, 0.6) is 0 Å². The van der Waals surface area contributed by atoms with Crippen molar-refractivity contribution >= 4 is 85.1 Å². The van der Waals surface area contributed by atoms with Crippen molar-refractivity contribution in [3.63, 3.8) is 0 Å². The van der Waals surface area contributed by atoms with Crippen molar-refractivity contribution in [1.29, 1.82) is 0 Å². The van der Waals surface area contributed by atoms with Crippen molar-refractivity contribution in [3.8, 4) is 0 Å². The Hall–Kier alpha value is -3.96. The van der Waals surface area contributed by atoms with E-state index in [1.807, 2.05) is 54.0 Å². The van der Waals surface area contributed by atoms with Crippen LogP contribution in [-0.4, -0.2) is 80.1 Å². The predicted molar refractivity (Wildman–Crippen MR) is 245 cm³/mol. The molecular formula is C46H54BrCl2N7O2. The Morgan fingerprint density at radius 1 is 0.655 bits per heavy atom. The molecule has 2 N–H and O–H groups in total. The molecule has 9 nitrogen and oxygen atoms in total. The van der Waals surface area contributed by atoms with E-state index in [-0.39, 0.29) is 22.7 Å². The van der Waals surface area contributed by atoms with Crippen molar-refractivity contribution in [1.82, 2.24) is 5.32 Å². The van der Waals surface area contributed by atoms with Gasteiger partial charge in [-0.1, -0.05) is 75.5 Å². The van der Waals surface area contributed by atoms with Crippen LogP contribution in [-0.2, 0) is 16.1 Å². The standard InChI is InChI=1S/C21H23Cl2N3O.C14H17BrN2O.C11H14N2/c1-14(24-13-15-12-16(22)6-9-18(15)23)21(27)26-11-10-25(17-7-8-17)19-4-2-3-5-20(19)26;1-10(15)14(18)17-9-8-16(11-6-7-11)12-4-2-3-5-13(12)17;1-2-4-11-10(3-1)12-7-8-13(11)9-5-6-9/h2-6,9,12,14,17,24H,7-8,10-11,13H2,1H3;2-5,10-11H,6-9H2,1H3;1-4,9,12H,5-8H2. The molecule has 0 spiro atoms. The fourth-order valence-electron chi connectivity index (χ4n) is 8.30. The van der Waals surface area contributed by atoms with Gasteiger partial charge in [0.2, 0.25) is 11.8 Å². The van der Waals surface area contributed by atoms with Gasteiger partial charge in [0, 0.05) is 74.0 Å². The quantitative estimate of drug-likeness (QED) is 0.171. The first-order valence-electron chi connectivity index (χ1n) is 20.9. The van der Waals surface area contributed by atoms with E-state index < -0.39 is 0 Å². The van der Waals surface area contributed by atoms with Crippen LogP contribution < -0.4 is 35.1 Å². The first-order chi connectivity index (χ1) is 28.2. The minimum atomic E-state index is -0.319. The van der Waals surface area contributed by atoms with E-state index in [2.05, 4.69) is 89.8 Å². The Labute approximate surface area is 361 Å². The molecule has 0 saturated heterocycles. The molecule has 0 bridgehead atoms. The van der Waals surface area contributed by atoms with Gasteiger partial charge >= 0.3 is 0 Å². The van der Waals surface area contributed by atoms with Crippen LogP contribution in [0.1, 0.15) is 57.9 Å². The van der Waals surface area contributed by atoms with Gasteiger partial charge in [0.1, 0.15) is 0 Å². The van der Waals surface area contributed by atoms with Crippen LogP contribution in [0.15, 0.2) is 91.0 Å². The maximum atomic E-state index is 13.1. The molecule has 4 aromatic rings. The van der Waals surface area contributed by atoms with Crippen LogP contribution in [0.4, 0.5) is 34.1 Å². The van der Waals surface area contributed by atoms with Gasteiger partial charge in [-0.15, -0.1) is 0 Å². The first kappa shape index (κ1) is 40.8. The number of carbonyl (C=O) groups excluding carboxylic acids is 2. The number of benzene rings is 4. The van der Waals surface area contributed by atoms with Gasteiger partial charge in [0.05, 0.1) is 45.0 Å². The van der Waals surface area contributed by atoms with E-state index >= 15 is 0 Å². The zero-order chi connectivity index (χ0) is 40.3. The van der Waals surface area contributed by atoms with E-state index in [0.29, 0.717) is 28.7 Å². The van der Waals surface area contributed by atoms with Crippen LogP contribution in [0, 0.1) is 0 Å². The summed E-state index contributed by atoms with van der Waals surface area (Å²) in [6, 6.07) is 32.3. The second-order valence-electron chi connectivity index (χ2n) is 16.1. The summed E-state index contributed by atoms with van der Waals surface area (Å²) in [7, 11) is 0. The molecule has 306 valence electrons.